The molecule has 0 unspecified atom stereocenters. The third-order valence-electron chi connectivity index (χ3n) is 4.59. The van der Waals surface area contributed by atoms with Crippen molar-refractivity contribution in [2.24, 2.45) is 0 Å². The molecule has 4 heterocycles. The van der Waals surface area contributed by atoms with Crippen LogP contribution in [0.25, 0.3) is 10.9 Å². The van der Waals surface area contributed by atoms with E-state index < -0.39 is 5.82 Å². The molecule has 0 aromatic carbocycles. The topological polar surface area (TPSA) is 51.1 Å². The van der Waals surface area contributed by atoms with Crippen LogP contribution in [0.4, 0.5) is 10.2 Å². The Balaban J connectivity index is 1.83. The van der Waals surface area contributed by atoms with Gasteiger partial charge in [0.25, 0.3) is 0 Å². The van der Waals surface area contributed by atoms with Gasteiger partial charge in [0.05, 0.1) is 17.6 Å². The first-order valence-corrected chi connectivity index (χ1v) is 9.17. The van der Waals surface area contributed by atoms with E-state index in [-0.39, 0.29) is 16.3 Å². The lowest BCUT2D eigenvalue weighted by Crippen LogP contribution is -2.56. The standard InChI is InChI=1S/C15H16ClFN4OS/c1-23-14-19-11-9(7-18-12(16)10(11)17)13(20-14)21-5-2-3-15(8-21)4-6-22-15/h7H,2-6,8H2,1H3/t15-/m1/s1. The molecule has 0 aliphatic carbocycles. The molecule has 1 atom stereocenters. The van der Waals surface area contributed by atoms with Gasteiger partial charge >= 0.3 is 0 Å². The average molecular weight is 355 g/mol. The smallest absolute Gasteiger partial charge is 0.189 e. The van der Waals surface area contributed by atoms with E-state index in [0.29, 0.717) is 10.5 Å². The molecule has 2 saturated heterocycles. The number of piperidine rings is 1. The second-order valence-corrected chi connectivity index (χ2v) is 7.10. The van der Waals surface area contributed by atoms with Gasteiger partial charge in [-0.3, -0.25) is 0 Å². The predicted octanol–water partition coefficient (Wildman–Crippen LogP) is 3.30. The Kier molecular flexibility index (Phi) is 3.82. The highest BCUT2D eigenvalue weighted by Gasteiger charge is 2.42. The van der Waals surface area contributed by atoms with E-state index in [1.807, 2.05) is 6.26 Å². The molecule has 2 aromatic rings. The van der Waals surface area contributed by atoms with Crippen LogP contribution >= 0.6 is 23.4 Å². The Bertz CT molecular complexity index is 771. The normalized spacial score (nSPS) is 24.2. The summed E-state index contributed by atoms with van der Waals surface area (Å²) in [5, 5.41) is 0.968. The molecule has 0 saturated carbocycles. The first-order chi connectivity index (χ1) is 11.1. The molecule has 2 aromatic heterocycles. The van der Waals surface area contributed by atoms with Gasteiger partial charge in [0.15, 0.2) is 16.1 Å². The Labute approximate surface area is 142 Å². The van der Waals surface area contributed by atoms with Gasteiger partial charge in [-0.15, -0.1) is 0 Å². The number of pyridine rings is 1. The van der Waals surface area contributed by atoms with Crippen molar-refractivity contribution < 1.29 is 9.13 Å². The summed E-state index contributed by atoms with van der Waals surface area (Å²) >= 11 is 7.20. The Morgan fingerprint density at radius 3 is 2.91 bits per heavy atom. The molecule has 2 aliphatic heterocycles. The number of rotatable bonds is 2. The van der Waals surface area contributed by atoms with Crippen LogP contribution in [0.5, 0.6) is 0 Å². The van der Waals surface area contributed by atoms with Crippen LogP contribution in [0.3, 0.4) is 0 Å². The van der Waals surface area contributed by atoms with Crippen molar-refractivity contribution in [3.63, 3.8) is 0 Å². The minimum absolute atomic E-state index is 0.0621. The van der Waals surface area contributed by atoms with Gasteiger partial charge in [-0.25, -0.2) is 19.3 Å². The maximum atomic E-state index is 14.4. The second kappa shape index (κ2) is 5.72. The maximum absolute atomic E-state index is 14.4. The maximum Gasteiger partial charge on any atom is 0.189 e. The number of aromatic nitrogens is 3. The number of anilines is 1. The van der Waals surface area contributed by atoms with E-state index in [9.17, 15) is 4.39 Å². The number of hydrogen-bond acceptors (Lipinski definition) is 6. The summed E-state index contributed by atoms with van der Waals surface area (Å²) in [5.74, 6) is 0.131. The fourth-order valence-electron chi connectivity index (χ4n) is 3.32. The average Bonchev–Trinajstić information content (AvgIpc) is 2.56. The fraction of sp³-hybridized carbons (Fsp3) is 0.533. The summed E-state index contributed by atoms with van der Waals surface area (Å²) in [6.45, 7) is 2.46. The molecule has 0 N–H and O–H groups in total. The Morgan fingerprint density at radius 1 is 1.39 bits per heavy atom. The van der Waals surface area contributed by atoms with Crippen LogP contribution in [0.1, 0.15) is 19.3 Å². The highest BCUT2D eigenvalue weighted by atomic mass is 35.5. The van der Waals surface area contributed by atoms with Crippen molar-refractivity contribution in [3.8, 4) is 0 Å². The summed E-state index contributed by atoms with van der Waals surface area (Å²) in [4.78, 5) is 15.0. The summed E-state index contributed by atoms with van der Waals surface area (Å²) in [7, 11) is 0. The summed E-state index contributed by atoms with van der Waals surface area (Å²) in [6, 6.07) is 0. The van der Waals surface area contributed by atoms with E-state index in [0.717, 1.165) is 44.8 Å². The largest absolute Gasteiger partial charge is 0.373 e. The molecule has 8 heteroatoms. The van der Waals surface area contributed by atoms with E-state index >= 15 is 0 Å². The number of hydrogen-bond donors (Lipinski definition) is 0. The van der Waals surface area contributed by atoms with Gasteiger partial charge in [-0.1, -0.05) is 23.4 Å². The van der Waals surface area contributed by atoms with Gasteiger partial charge in [0.2, 0.25) is 0 Å². The molecule has 1 spiro atoms. The van der Waals surface area contributed by atoms with Crippen molar-refractivity contribution in [1.29, 1.82) is 0 Å². The highest BCUT2D eigenvalue weighted by Crippen LogP contribution is 2.38. The fourth-order valence-corrected chi connectivity index (χ4v) is 3.82. The minimum Gasteiger partial charge on any atom is -0.373 e. The van der Waals surface area contributed by atoms with Crippen molar-refractivity contribution in [2.75, 3.05) is 30.9 Å². The predicted molar refractivity (Wildman–Crippen MR) is 88.8 cm³/mol. The van der Waals surface area contributed by atoms with Crippen LogP contribution in [0, 0.1) is 5.82 Å². The zero-order valence-corrected chi connectivity index (χ0v) is 14.3. The van der Waals surface area contributed by atoms with Gasteiger partial charge in [-0.2, -0.15) is 0 Å². The molecular formula is C15H16ClFN4OS. The number of nitrogens with zero attached hydrogens (tertiary/aromatic N) is 4. The Hall–Kier alpha value is -1.18. The molecule has 5 nitrogen and oxygen atoms in total. The molecule has 0 amide bonds. The van der Waals surface area contributed by atoms with Crippen molar-refractivity contribution in [2.45, 2.75) is 30.0 Å². The molecule has 0 radical (unpaired) electrons. The highest BCUT2D eigenvalue weighted by molar-refractivity contribution is 7.98. The van der Waals surface area contributed by atoms with Crippen molar-refractivity contribution in [1.82, 2.24) is 15.0 Å². The third kappa shape index (κ3) is 2.55. The van der Waals surface area contributed by atoms with Crippen LogP contribution in [0.2, 0.25) is 5.15 Å². The van der Waals surface area contributed by atoms with Gasteiger partial charge in [-0.05, 0) is 19.1 Å². The van der Waals surface area contributed by atoms with E-state index in [2.05, 4.69) is 19.9 Å². The molecule has 23 heavy (non-hydrogen) atoms. The van der Waals surface area contributed by atoms with Crippen LogP contribution in [0.15, 0.2) is 11.4 Å². The van der Waals surface area contributed by atoms with Gasteiger partial charge in [0, 0.05) is 25.7 Å². The molecule has 2 aliphatic rings. The van der Waals surface area contributed by atoms with E-state index in [4.69, 9.17) is 16.3 Å². The van der Waals surface area contributed by atoms with E-state index in [1.165, 1.54) is 11.8 Å². The van der Waals surface area contributed by atoms with Gasteiger partial charge in [0.1, 0.15) is 11.3 Å². The number of fused-ring (bicyclic) bond motifs is 1. The van der Waals surface area contributed by atoms with Crippen LogP contribution in [-0.4, -0.2) is 46.5 Å². The summed E-state index contributed by atoms with van der Waals surface area (Å²) < 4.78 is 20.2. The lowest BCUT2D eigenvalue weighted by molar-refractivity contribution is -0.151. The number of halogens is 2. The van der Waals surface area contributed by atoms with Crippen LogP contribution < -0.4 is 4.90 Å². The van der Waals surface area contributed by atoms with Crippen molar-refractivity contribution >= 4 is 40.1 Å². The quantitative estimate of drug-likeness (QED) is 0.468. The molecule has 2 fully saturated rings. The summed E-state index contributed by atoms with van der Waals surface area (Å²) in [5.41, 5.74) is 0.168. The van der Waals surface area contributed by atoms with Crippen molar-refractivity contribution in [3.05, 3.63) is 17.2 Å². The van der Waals surface area contributed by atoms with E-state index in [1.54, 1.807) is 6.20 Å². The number of thioether (sulfide) groups is 1. The number of ether oxygens (including phenoxy) is 1. The van der Waals surface area contributed by atoms with Gasteiger partial charge < -0.3 is 9.64 Å². The monoisotopic (exact) mass is 354 g/mol. The minimum atomic E-state index is -0.588. The second-order valence-electron chi connectivity index (χ2n) is 5.97. The summed E-state index contributed by atoms with van der Waals surface area (Å²) in [6.07, 6.45) is 6.60. The molecule has 0 bridgehead atoms. The SMILES string of the molecule is CSc1nc(N2CCC[C@@]3(CCO3)C2)c2cnc(Cl)c(F)c2n1. The molecule has 122 valence electrons. The molecule has 4 rings (SSSR count). The first-order valence-electron chi connectivity index (χ1n) is 7.56. The zero-order chi connectivity index (χ0) is 16.0. The zero-order valence-electron chi connectivity index (χ0n) is 12.7. The lowest BCUT2D eigenvalue weighted by Gasteiger charge is -2.48. The lowest BCUT2D eigenvalue weighted by atomic mass is 9.86. The first kappa shape index (κ1) is 15.4. The molecular weight excluding hydrogens is 339 g/mol. The third-order valence-corrected chi connectivity index (χ3v) is 5.40. The van der Waals surface area contributed by atoms with Crippen LogP contribution in [-0.2, 0) is 4.74 Å². The Morgan fingerprint density at radius 2 is 2.22 bits per heavy atom.